The predicted molar refractivity (Wildman–Crippen MR) is 148 cm³/mol. The van der Waals surface area contributed by atoms with Crippen molar-refractivity contribution in [3.05, 3.63) is 75.1 Å². The van der Waals surface area contributed by atoms with Crippen LogP contribution < -0.4 is 4.90 Å². The van der Waals surface area contributed by atoms with Crippen molar-refractivity contribution in [2.75, 3.05) is 18.0 Å². The second kappa shape index (κ2) is 9.54. The fourth-order valence-electron chi connectivity index (χ4n) is 5.97. The third-order valence-corrected chi connectivity index (χ3v) is 8.80. The van der Waals surface area contributed by atoms with E-state index in [1.54, 1.807) is 18.5 Å². The highest BCUT2D eigenvalue weighted by molar-refractivity contribution is 6.39. The number of fused-ring (bicyclic) bond motifs is 2. The first-order valence-corrected chi connectivity index (χ1v) is 13.8. The number of carboxylic acids is 1. The molecule has 3 aliphatic rings. The fourth-order valence-corrected chi connectivity index (χ4v) is 6.51. The first-order valence-electron chi connectivity index (χ1n) is 13.0. The van der Waals surface area contributed by atoms with Crippen LogP contribution in [-0.2, 0) is 6.61 Å². The van der Waals surface area contributed by atoms with Crippen LogP contribution in [0.15, 0.2) is 41.2 Å². The summed E-state index contributed by atoms with van der Waals surface area (Å²) < 4.78 is 20.8. The van der Waals surface area contributed by atoms with Gasteiger partial charge in [-0.05, 0) is 54.4 Å². The zero-order valence-corrected chi connectivity index (χ0v) is 22.5. The molecule has 204 valence electrons. The molecule has 1 aromatic carbocycles. The maximum atomic E-state index is 15.1. The number of pyridine rings is 2. The van der Waals surface area contributed by atoms with Crippen molar-refractivity contribution in [2.24, 2.45) is 17.8 Å². The molecule has 0 spiro atoms. The Labute approximate surface area is 238 Å². The summed E-state index contributed by atoms with van der Waals surface area (Å²) in [5.74, 6) is 0.529. The van der Waals surface area contributed by atoms with Crippen molar-refractivity contribution in [1.29, 1.82) is 0 Å². The molecule has 1 saturated heterocycles. The van der Waals surface area contributed by atoms with Gasteiger partial charge in [0.05, 0.1) is 16.7 Å². The van der Waals surface area contributed by atoms with E-state index in [0.29, 0.717) is 61.6 Å². The smallest absolute Gasteiger partial charge is 0.354 e. The van der Waals surface area contributed by atoms with Crippen LogP contribution >= 0.6 is 23.2 Å². The molecule has 11 heteroatoms. The quantitative estimate of drug-likeness (QED) is 0.266. The SMILES string of the molecule is O=C(O)c1cc(CO)c2cc(N3CC4C(/C=C/c5c(-c6c(Cl)cncc6Cl)noc5C5CC5)C4C3)cc(F)c2n1. The molecular weight excluding hydrogens is 558 g/mol. The average Bonchev–Trinajstić information content (AvgIpc) is 3.80. The molecule has 8 nitrogen and oxygen atoms in total. The second-order valence-electron chi connectivity index (χ2n) is 10.7. The highest BCUT2D eigenvalue weighted by atomic mass is 35.5. The summed E-state index contributed by atoms with van der Waals surface area (Å²) in [6.45, 7) is 1.10. The summed E-state index contributed by atoms with van der Waals surface area (Å²) in [4.78, 5) is 21.5. The number of rotatable bonds is 7. The van der Waals surface area contributed by atoms with E-state index in [1.165, 1.54) is 12.1 Å². The van der Waals surface area contributed by atoms with Gasteiger partial charge in [0.15, 0.2) is 5.82 Å². The van der Waals surface area contributed by atoms with E-state index in [-0.39, 0.29) is 11.2 Å². The molecule has 2 N–H and O–H groups in total. The topological polar surface area (TPSA) is 113 Å². The predicted octanol–water partition coefficient (Wildman–Crippen LogP) is 6.19. The Hall–Kier alpha value is -3.53. The Morgan fingerprint density at radius 3 is 2.52 bits per heavy atom. The third kappa shape index (κ3) is 4.24. The Balaban J connectivity index is 1.12. The molecule has 2 unspecified atom stereocenters. The average molecular weight is 581 g/mol. The van der Waals surface area contributed by atoms with Crippen LogP contribution in [-0.4, -0.2) is 44.4 Å². The summed E-state index contributed by atoms with van der Waals surface area (Å²) in [5.41, 5.74) is 2.81. The number of carbonyl (C=O) groups is 1. The Morgan fingerprint density at radius 1 is 1.15 bits per heavy atom. The van der Waals surface area contributed by atoms with Gasteiger partial charge in [0, 0.05) is 53.6 Å². The van der Waals surface area contributed by atoms with Crippen LogP contribution in [0.2, 0.25) is 10.0 Å². The fraction of sp³-hybridized carbons (Fsp3) is 0.310. The van der Waals surface area contributed by atoms with E-state index in [0.717, 1.165) is 37.3 Å². The van der Waals surface area contributed by atoms with Gasteiger partial charge in [-0.1, -0.05) is 40.5 Å². The maximum Gasteiger partial charge on any atom is 0.354 e. The zero-order chi connectivity index (χ0) is 27.7. The van der Waals surface area contributed by atoms with Crippen molar-refractivity contribution < 1.29 is 23.9 Å². The number of hydrogen-bond donors (Lipinski definition) is 2. The number of halogens is 3. The van der Waals surface area contributed by atoms with Gasteiger partial charge >= 0.3 is 5.97 Å². The molecule has 0 amide bonds. The van der Waals surface area contributed by atoms with E-state index in [1.807, 2.05) is 0 Å². The van der Waals surface area contributed by atoms with Crippen molar-refractivity contribution >= 4 is 51.8 Å². The number of aromatic carboxylic acids is 1. The van der Waals surface area contributed by atoms with Gasteiger partial charge in [0.1, 0.15) is 22.7 Å². The molecule has 40 heavy (non-hydrogen) atoms. The van der Waals surface area contributed by atoms with Crippen LogP contribution in [0, 0.1) is 23.6 Å². The number of carboxylic acid groups (broad SMARTS) is 1. The minimum atomic E-state index is -1.27. The number of aliphatic hydroxyl groups excluding tert-OH is 1. The van der Waals surface area contributed by atoms with Crippen LogP contribution in [0.5, 0.6) is 0 Å². The summed E-state index contributed by atoms with van der Waals surface area (Å²) >= 11 is 12.9. The number of aliphatic hydroxyl groups is 1. The summed E-state index contributed by atoms with van der Waals surface area (Å²) in [6, 6.07) is 4.47. The highest BCUT2D eigenvalue weighted by Gasteiger charge is 2.54. The molecule has 2 saturated carbocycles. The number of anilines is 1. The Bertz CT molecular complexity index is 1690. The minimum Gasteiger partial charge on any atom is -0.477 e. The molecule has 4 heterocycles. The number of piperidine rings is 1. The van der Waals surface area contributed by atoms with E-state index in [4.69, 9.17) is 27.7 Å². The van der Waals surface area contributed by atoms with Gasteiger partial charge in [0.25, 0.3) is 0 Å². The van der Waals surface area contributed by atoms with Crippen LogP contribution in [0.3, 0.4) is 0 Å². The summed E-state index contributed by atoms with van der Waals surface area (Å²) in [5, 5.41) is 24.7. The summed E-state index contributed by atoms with van der Waals surface area (Å²) in [6.07, 6.45) is 9.49. The van der Waals surface area contributed by atoms with Crippen LogP contribution in [0.4, 0.5) is 10.1 Å². The molecular formula is C29H23Cl2FN4O4. The van der Waals surface area contributed by atoms with E-state index in [2.05, 4.69) is 32.2 Å². The van der Waals surface area contributed by atoms with Crippen LogP contribution in [0.1, 0.15) is 46.1 Å². The molecule has 3 aromatic heterocycles. The first kappa shape index (κ1) is 25.4. The molecule has 7 rings (SSSR count). The number of allylic oxidation sites excluding steroid dienone is 1. The summed E-state index contributed by atoms with van der Waals surface area (Å²) in [7, 11) is 0. The maximum absolute atomic E-state index is 15.1. The minimum absolute atomic E-state index is 0.0525. The van der Waals surface area contributed by atoms with Crippen molar-refractivity contribution in [3.8, 4) is 11.3 Å². The van der Waals surface area contributed by atoms with Gasteiger partial charge in [-0.2, -0.15) is 0 Å². The zero-order valence-electron chi connectivity index (χ0n) is 21.0. The highest BCUT2D eigenvalue weighted by Crippen LogP contribution is 2.54. The Kier molecular flexibility index (Phi) is 6.07. The molecule has 0 radical (unpaired) electrons. The van der Waals surface area contributed by atoms with E-state index < -0.39 is 18.4 Å². The Morgan fingerprint density at radius 2 is 1.88 bits per heavy atom. The normalized spacial score (nSPS) is 21.9. The standard InChI is InChI=1S/C29H23Cl2FN4O4/c30-21-8-33-9-22(31)25(21)27-17(28(40-35-27)13-1-2-13)4-3-16-19-10-36(11-20(16)19)15-6-18-14(12-37)5-24(29(38)39)34-26(18)23(32)7-15/h3-9,13,16,19-20,37H,1-2,10-12H2,(H,38,39)/b4-3+. The molecule has 2 atom stereocenters. The van der Waals surface area contributed by atoms with Gasteiger partial charge in [-0.15, -0.1) is 0 Å². The van der Waals surface area contributed by atoms with Crippen molar-refractivity contribution in [3.63, 3.8) is 0 Å². The molecule has 4 aromatic rings. The second-order valence-corrected chi connectivity index (χ2v) is 11.5. The lowest BCUT2D eigenvalue weighted by Crippen LogP contribution is -2.23. The largest absolute Gasteiger partial charge is 0.477 e. The monoisotopic (exact) mass is 580 g/mol. The van der Waals surface area contributed by atoms with Gasteiger partial charge in [-0.3, -0.25) is 4.98 Å². The molecule has 0 bridgehead atoms. The molecule has 2 aliphatic carbocycles. The number of aromatic nitrogens is 3. The van der Waals surface area contributed by atoms with Gasteiger partial charge in [0.2, 0.25) is 0 Å². The van der Waals surface area contributed by atoms with E-state index >= 15 is 4.39 Å². The van der Waals surface area contributed by atoms with Gasteiger partial charge < -0.3 is 19.6 Å². The van der Waals surface area contributed by atoms with Gasteiger partial charge in [-0.25, -0.2) is 14.2 Å². The molecule has 3 fully saturated rings. The van der Waals surface area contributed by atoms with Crippen molar-refractivity contribution in [1.82, 2.24) is 15.1 Å². The number of benzene rings is 1. The number of hydrogen-bond acceptors (Lipinski definition) is 7. The van der Waals surface area contributed by atoms with Crippen LogP contribution in [0.25, 0.3) is 28.2 Å². The lowest BCUT2D eigenvalue weighted by Gasteiger charge is -2.22. The third-order valence-electron chi connectivity index (χ3n) is 8.23. The first-order chi connectivity index (χ1) is 19.3. The van der Waals surface area contributed by atoms with E-state index in [9.17, 15) is 15.0 Å². The van der Waals surface area contributed by atoms with Crippen molar-refractivity contribution in [2.45, 2.75) is 25.4 Å². The lowest BCUT2D eigenvalue weighted by atomic mass is 10.0. The number of nitrogens with zero attached hydrogens (tertiary/aromatic N) is 4. The molecule has 1 aliphatic heterocycles. The lowest BCUT2D eigenvalue weighted by molar-refractivity contribution is 0.0690.